The fourth-order valence-corrected chi connectivity index (χ4v) is 3.17. The van der Waals surface area contributed by atoms with E-state index in [0.29, 0.717) is 13.0 Å². The van der Waals surface area contributed by atoms with Crippen LogP contribution in [0.15, 0.2) is 0 Å². The Hall–Kier alpha value is -0.610. The number of nitrogens with two attached hydrogens (primary N) is 1. The molecule has 0 radical (unpaired) electrons. The van der Waals surface area contributed by atoms with Crippen LogP contribution in [0, 0.1) is 5.41 Å². The Kier molecular flexibility index (Phi) is 4.28. The quantitative estimate of drug-likeness (QED) is 0.692. The van der Waals surface area contributed by atoms with Gasteiger partial charge < -0.3 is 16.2 Å². The molecule has 0 aromatic carbocycles. The summed E-state index contributed by atoms with van der Waals surface area (Å²) < 4.78 is 0. The van der Waals surface area contributed by atoms with Crippen LogP contribution in [0.2, 0.25) is 0 Å². The molecule has 104 valence electrons. The maximum Gasteiger partial charge on any atom is 0.221 e. The predicted molar refractivity (Wildman–Crippen MR) is 71.0 cm³/mol. The van der Waals surface area contributed by atoms with Gasteiger partial charge in [-0.2, -0.15) is 0 Å². The Labute approximate surface area is 109 Å². The summed E-state index contributed by atoms with van der Waals surface area (Å²) in [4.78, 5) is 11.9. The van der Waals surface area contributed by atoms with E-state index in [0.717, 1.165) is 44.9 Å². The number of hydrogen-bond donors (Lipinski definition) is 3. The van der Waals surface area contributed by atoms with Crippen molar-refractivity contribution in [3.05, 3.63) is 0 Å². The lowest BCUT2D eigenvalue weighted by molar-refractivity contribution is -0.123. The largest absolute Gasteiger partial charge is 0.396 e. The molecule has 2 rings (SSSR count). The third kappa shape index (κ3) is 3.23. The van der Waals surface area contributed by atoms with Crippen LogP contribution in [0.3, 0.4) is 0 Å². The van der Waals surface area contributed by atoms with Gasteiger partial charge in [-0.15, -0.1) is 0 Å². The van der Waals surface area contributed by atoms with Crippen molar-refractivity contribution in [1.82, 2.24) is 5.32 Å². The van der Waals surface area contributed by atoms with Crippen molar-refractivity contribution < 1.29 is 9.90 Å². The molecule has 2 aliphatic carbocycles. The molecule has 2 fully saturated rings. The highest BCUT2D eigenvalue weighted by Crippen LogP contribution is 2.35. The van der Waals surface area contributed by atoms with Crippen molar-refractivity contribution in [2.45, 2.75) is 63.3 Å². The van der Waals surface area contributed by atoms with Crippen LogP contribution >= 0.6 is 0 Å². The number of rotatable bonds is 5. The van der Waals surface area contributed by atoms with Crippen molar-refractivity contribution in [3.8, 4) is 0 Å². The number of aliphatic hydroxyl groups excluding tert-OH is 1. The highest BCUT2D eigenvalue weighted by molar-refractivity contribution is 5.77. The Balaban J connectivity index is 1.76. The smallest absolute Gasteiger partial charge is 0.221 e. The van der Waals surface area contributed by atoms with Gasteiger partial charge in [-0.3, -0.25) is 4.79 Å². The maximum absolute atomic E-state index is 11.9. The average molecular weight is 254 g/mol. The van der Waals surface area contributed by atoms with E-state index in [9.17, 15) is 9.90 Å². The minimum Gasteiger partial charge on any atom is -0.396 e. The van der Waals surface area contributed by atoms with Crippen molar-refractivity contribution in [2.75, 3.05) is 13.2 Å². The van der Waals surface area contributed by atoms with E-state index in [1.54, 1.807) is 0 Å². The first-order chi connectivity index (χ1) is 8.58. The zero-order valence-electron chi connectivity index (χ0n) is 11.2. The third-order valence-corrected chi connectivity index (χ3v) is 4.77. The Morgan fingerprint density at radius 3 is 2.28 bits per heavy atom. The SMILES string of the molecule is NC1(CC(=O)NCC2(CO)CCCCC2)CCC1. The minimum absolute atomic E-state index is 0.0515. The molecule has 0 aliphatic heterocycles. The minimum atomic E-state index is -0.247. The number of aliphatic hydroxyl groups is 1. The van der Waals surface area contributed by atoms with Crippen LogP contribution in [0.25, 0.3) is 0 Å². The van der Waals surface area contributed by atoms with E-state index in [4.69, 9.17) is 5.73 Å². The van der Waals surface area contributed by atoms with Gasteiger partial charge in [0.1, 0.15) is 0 Å². The van der Waals surface area contributed by atoms with E-state index in [1.165, 1.54) is 6.42 Å². The van der Waals surface area contributed by atoms with Gasteiger partial charge >= 0.3 is 0 Å². The van der Waals surface area contributed by atoms with Gasteiger partial charge in [0.2, 0.25) is 5.91 Å². The first-order valence-electron chi connectivity index (χ1n) is 7.24. The summed E-state index contributed by atoms with van der Waals surface area (Å²) >= 11 is 0. The molecule has 2 aliphatic rings. The van der Waals surface area contributed by atoms with Crippen LogP contribution in [-0.2, 0) is 4.79 Å². The van der Waals surface area contributed by atoms with E-state index in [2.05, 4.69) is 5.32 Å². The van der Waals surface area contributed by atoms with Crippen LogP contribution in [0.4, 0.5) is 0 Å². The molecule has 4 heteroatoms. The lowest BCUT2D eigenvalue weighted by Gasteiger charge is -2.39. The van der Waals surface area contributed by atoms with E-state index >= 15 is 0 Å². The second kappa shape index (κ2) is 5.57. The van der Waals surface area contributed by atoms with E-state index in [1.807, 2.05) is 0 Å². The molecule has 18 heavy (non-hydrogen) atoms. The van der Waals surface area contributed by atoms with Crippen molar-refractivity contribution in [3.63, 3.8) is 0 Å². The first-order valence-corrected chi connectivity index (χ1v) is 7.24. The highest BCUT2D eigenvalue weighted by Gasteiger charge is 2.36. The summed E-state index contributed by atoms with van der Waals surface area (Å²) in [5.74, 6) is 0.0515. The molecule has 0 unspecified atom stereocenters. The molecular weight excluding hydrogens is 228 g/mol. The summed E-state index contributed by atoms with van der Waals surface area (Å²) in [6, 6.07) is 0. The van der Waals surface area contributed by atoms with Gasteiger partial charge in [-0.05, 0) is 32.1 Å². The molecule has 0 saturated heterocycles. The van der Waals surface area contributed by atoms with E-state index < -0.39 is 0 Å². The van der Waals surface area contributed by atoms with Crippen LogP contribution in [0.5, 0.6) is 0 Å². The normalized spacial score (nSPS) is 25.2. The predicted octanol–water partition coefficient (Wildman–Crippen LogP) is 1.32. The number of hydrogen-bond acceptors (Lipinski definition) is 3. The monoisotopic (exact) mass is 254 g/mol. The lowest BCUT2D eigenvalue weighted by Crippen LogP contribution is -2.51. The summed E-state index contributed by atoms with van der Waals surface area (Å²) in [7, 11) is 0. The van der Waals surface area contributed by atoms with Gasteiger partial charge in [-0.25, -0.2) is 0 Å². The molecule has 4 nitrogen and oxygen atoms in total. The van der Waals surface area contributed by atoms with Crippen molar-refractivity contribution in [1.29, 1.82) is 0 Å². The van der Waals surface area contributed by atoms with Crippen LogP contribution < -0.4 is 11.1 Å². The standard InChI is InChI=1S/C14H26N2O2/c15-14(7-4-8-14)9-12(18)16-10-13(11-17)5-2-1-3-6-13/h17H,1-11,15H2,(H,16,18). The highest BCUT2D eigenvalue weighted by atomic mass is 16.3. The number of amides is 1. The Bertz CT molecular complexity index is 294. The third-order valence-electron chi connectivity index (χ3n) is 4.77. The van der Waals surface area contributed by atoms with Crippen LogP contribution in [-0.4, -0.2) is 29.7 Å². The molecule has 0 spiro atoms. The van der Waals surface area contributed by atoms with Gasteiger partial charge in [0, 0.05) is 23.9 Å². The first kappa shape index (κ1) is 13.8. The summed E-state index contributed by atoms with van der Waals surface area (Å²) in [6.45, 7) is 0.791. The number of nitrogens with one attached hydrogen (secondary N) is 1. The Morgan fingerprint density at radius 1 is 1.11 bits per heavy atom. The molecule has 0 atom stereocenters. The van der Waals surface area contributed by atoms with Gasteiger partial charge in [0.05, 0.1) is 6.61 Å². The molecule has 0 bridgehead atoms. The molecule has 0 aromatic heterocycles. The zero-order valence-corrected chi connectivity index (χ0v) is 11.2. The molecule has 0 heterocycles. The fourth-order valence-electron chi connectivity index (χ4n) is 3.17. The lowest BCUT2D eigenvalue weighted by atomic mass is 9.74. The molecule has 0 aromatic rings. The molecule has 1 amide bonds. The van der Waals surface area contributed by atoms with Crippen LogP contribution in [0.1, 0.15) is 57.8 Å². The fraction of sp³-hybridized carbons (Fsp3) is 0.929. The Morgan fingerprint density at radius 2 is 1.78 bits per heavy atom. The maximum atomic E-state index is 11.9. The average Bonchev–Trinajstić information content (AvgIpc) is 2.36. The topological polar surface area (TPSA) is 75.4 Å². The second-order valence-electron chi connectivity index (χ2n) is 6.39. The van der Waals surface area contributed by atoms with Crippen molar-refractivity contribution in [2.24, 2.45) is 11.1 Å². The zero-order chi connectivity index (χ0) is 13.1. The van der Waals surface area contributed by atoms with Crippen molar-refractivity contribution >= 4 is 5.91 Å². The number of carbonyl (C=O) groups is 1. The van der Waals surface area contributed by atoms with Gasteiger partial charge in [-0.1, -0.05) is 19.3 Å². The summed E-state index contributed by atoms with van der Waals surface area (Å²) in [6.07, 6.45) is 9.14. The van der Waals surface area contributed by atoms with Gasteiger partial charge in [0.15, 0.2) is 0 Å². The molecule has 4 N–H and O–H groups in total. The molecule has 2 saturated carbocycles. The van der Waals surface area contributed by atoms with Gasteiger partial charge in [0.25, 0.3) is 0 Å². The van der Waals surface area contributed by atoms with E-state index in [-0.39, 0.29) is 23.5 Å². The summed E-state index contributed by atoms with van der Waals surface area (Å²) in [5.41, 5.74) is 5.75. The molecular formula is C14H26N2O2. The second-order valence-corrected chi connectivity index (χ2v) is 6.39. The number of carbonyl (C=O) groups excluding carboxylic acids is 1. The summed E-state index contributed by atoms with van der Waals surface area (Å²) in [5, 5.41) is 12.6.